The van der Waals surface area contributed by atoms with Crippen molar-refractivity contribution in [2.75, 3.05) is 11.9 Å². The van der Waals surface area contributed by atoms with Crippen molar-refractivity contribution in [2.24, 2.45) is 5.92 Å². The molecule has 2 unspecified atom stereocenters. The fourth-order valence-corrected chi connectivity index (χ4v) is 2.77. The van der Waals surface area contributed by atoms with E-state index in [-0.39, 0.29) is 17.6 Å². The standard InChI is InChI=1S/C15H21N3O3/c1-3-16-15(19)11-7-8-14(18(20)21)13(9-11)17-12-6-4-5-10(12)2/h7-10,12,17H,3-6H2,1-2H3,(H,16,19). The smallest absolute Gasteiger partial charge is 0.292 e. The molecule has 114 valence electrons. The first kappa shape index (κ1) is 15.3. The van der Waals surface area contributed by atoms with Crippen LogP contribution in [0.25, 0.3) is 0 Å². The second-order valence-electron chi connectivity index (χ2n) is 5.51. The van der Waals surface area contributed by atoms with E-state index in [2.05, 4.69) is 17.6 Å². The Morgan fingerprint density at radius 2 is 2.19 bits per heavy atom. The van der Waals surface area contributed by atoms with Crippen LogP contribution in [0.2, 0.25) is 0 Å². The molecule has 0 aliphatic heterocycles. The molecular formula is C15H21N3O3. The van der Waals surface area contributed by atoms with Gasteiger partial charge in [-0.2, -0.15) is 0 Å². The Morgan fingerprint density at radius 1 is 1.43 bits per heavy atom. The molecule has 1 fully saturated rings. The number of nitro groups is 1. The fraction of sp³-hybridized carbons (Fsp3) is 0.533. The van der Waals surface area contributed by atoms with E-state index < -0.39 is 4.92 Å². The van der Waals surface area contributed by atoms with Gasteiger partial charge in [-0.15, -0.1) is 0 Å². The number of amides is 1. The molecule has 0 radical (unpaired) electrons. The summed E-state index contributed by atoms with van der Waals surface area (Å²) in [7, 11) is 0. The summed E-state index contributed by atoms with van der Waals surface area (Å²) in [6.45, 7) is 4.51. The molecule has 0 aromatic heterocycles. The van der Waals surface area contributed by atoms with E-state index in [0.717, 1.165) is 19.3 Å². The molecule has 6 heteroatoms. The molecular weight excluding hydrogens is 270 g/mol. The number of hydrogen-bond acceptors (Lipinski definition) is 4. The zero-order valence-corrected chi connectivity index (χ0v) is 12.4. The third-order valence-corrected chi connectivity index (χ3v) is 4.00. The Bertz CT molecular complexity index is 545. The van der Waals surface area contributed by atoms with Gasteiger partial charge in [-0.1, -0.05) is 13.3 Å². The Hall–Kier alpha value is -2.11. The van der Waals surface area contributed by atoms with E-state index >= 15 is 0 Å². The summed E-state index contributed by atoms with van der Waals surface area (Å²) in [6, 6.07) is 4.70. The first-order valence-electron chi connectivity index (χ1n) is 7.36. The first-order valence-corrected chi connectivity index (χ1v) is 7.36. The molecule has 21 heavy (non-hydrogen) atoms. The van der Waals surface area contributed by atoms with Gasteiger partial charge in [-0.05, 0) is 37.8 Å². The molecule has 1 aliphatic rings. The topological polar surface area (TPSA) is 84.3 Å². The summed E-state index contributed by atoms with van der Waals surface area (Å²) in [4.78, 5) is 22.6. The zero-order valence-electron chi connectivity index (χ0n) is 12.4. The van der Waals surface area contributed by atoms with E-state index in [9.17, 15) is 14.9 Å². The van der Waals surface area contributed by atoms with Gasteiger partial charge in [0.15, 0.2) is 0 Å². The van der Waals surface area contributed by atoms with E-state index in [0.29, 0.717) is 23.7 Å². The minimum atomic E-state index is -0.413. The number of rotatable bonds is 5. The average molecular weight is 291 g/mol. The van der Waals surface area contributed by atoms with Crippen LogP contribution in [0, 0.1) is 16.0 Å². The second kappa shape index (κ2) is 6.56. The van der Waals surface area contributed by atoms with Crippen molar-refractivity contribution in [3.63, 3.8) is 0 Å². The maximum Gasteiger partial charge on any atom is 0.292 e. The van der Waals surface area contributed by atoms with Gasteiger partial charge < -0.3 is 10.6 Å². The lowest BCUT2D eigenvalue weighted by molar-refractivity contribution is -0.384. The highest BCUT2D eigenvalue weighted by Crippen LogP contribution is 2.32. The number of nitrogens with zero attached hydrogens (tertiary/aromatic N) is 1. The molecule has 1 aromatic rings. The van der Waals surface area contributed by atoms with Crippen LogP contribution < -0.4 is 10.6 Å². The van der Waals surface area contributed by atoms with Crippen molar-refractivity contribution in [3.05, 3.63) is 33.9 Å². The van der Waals surface area contributed by atoms with Crippen molar-refractivity contribution in [1.29, 1.82) is 0 Å². The minimum Gasteiger partial charge on any atom is -0.376 e. The quantitative estimate of drug-likeness (QED) is 0.645. The molecule has 0 saturated heterocycles. The number of nitro benzene ring substituents is 1. The summed E-state index contributed by atoms with van der Waals surface area (Å²) < 4.78 is 0. The lowest BCUT2D eigenvalue weighted by atomic mass is 10.1. The van der Waals surface area contributed by atoms with Crippen LogP contribution in [0.3, 0.4) is 0 Å². The second-order valence-corrected chi connectivity index (χ2v) is 5.51. The van der Waals surface area contributed by atoms with Crippen LogP contribution in [0.1, 0.15) is 43.5 Å². The molecule has 6 nitrogen and oxygen atoms in total. The van der Waals surface area contributed by atoms with Crippen LogP contribution in [-0.4, -0.2) is 23.4 Å². The average Bonchev–Trinajstić information content (AvgIpc) is 2.84. The number of nitrogens with one attached hydrogen (secondary N) is 2. The molecule has 0 spiro atoms. The third-order valence-electron chi connectivity index (χ3n) is 4.00. The van der Waals surface area contributed by atoms with Crippen LogP contribution in [0.15, 0.2) is 18.2 Å². The van der Waals surface area contributed by atoms with Gasteiger partial charge >= 0.3 is 0 Å². The molecule has 2 N–H and O–H groups in total. The normalized spacial score (nSPS) is 21.0. The fourth-order valence-electron chi connectivity index (χ4n) is 2.77. The summed E-state index contributed by atoms with van der Waals surface area (Å²) in [5.41, 5.74) is 0.889. The Morgan fingerprint density at radius 3 is 2.76 bits per heavy atom. The SMILES string of the molecule is CCNC(=O)c1ccc([N+](=O)[O-])c(NC2CCCC2C)c1. The van der Waals surface area contributed by atoms with Crippen LogP contribution in [-0.2, 0) is 0 Å². The predicted molar refractivity (Wildman–Crippen MR) is 81.5 cm³/mol. The summed E-state index contributed by atoms with van der Waals surface area (Å²) in [6.07, 6.45) is 3.26. The molecule has 1 aliphatic carbocycles. The van der Waals surface area contributed by atoms with Crippen LogP contribution in [0.5, 0.6) is 0 Å². The highest BCUT2D eigenvalue weighted by molar-refractivity contribution is 5.95. The maximum atomic E-state index is 11.9. The molecule has 1 saturated carbocycles. The van der Waals surface area contributed by atoms with E-state index in [1.165, 1.54) is 12.1 Å². The zero-order chi connectivity index (χ0) is 15.4. The van der Waals surface area contributed by atoms with Crippen molar-refractivity contribution >= 4 is 17.3 Å². The van der Waals surface area contributed by atoms with Crippen molar-refractivity contribution in [2.45, 2.75) is 39.2 Å². The summed E-state index contributed by atoms with van der Waals surface area (Å²) in [5, 5.41) is 17.1. The summed E-state index contributed by atoms with van der Waals surface area (Å²) in [5.74, 6) is 0.271. The molecule has 1 amide bonds. The lowest BCUT2D eigenvalue weighted by Gasteiger charge is -2.19. The maximum absolute atomic E-state index is 11.9. The largest absolute Gasteiger partial charge is 0.376 e. The van der Waals surface area contributed by atoms with Gasteiger partial charge in [-0.25, -0.2) is 0 Å². The van der Waals surface area contributed by atoms with Gasteiger partial charge in [0.05, 0.1) is 4.92 Å². The van der Waals surface area contributed by atoms with Crippen molar-refractivity contribution in [1.82, 2.24) is 5.32 Å². The van der Waals surface area contributed by atoms with E-state index in [1.807, 2.05) is 6.92 Å². The van der Waals surface area contributed by atoms with Crippen LogP contribution in [0.4, 0.5) is 11.4 Å². The van der Waals surface area contributed by atoms with Crippen LogP contribution >= 0.6 is 0 Å². The van der Waals surface area contributed by atoms with Crippen molar-refractivity contribution in [3.8, 4) is 0 Å². The van der Waals surface area contributed by atoms with Gasteiger partial charge in [-0.3, -0.25) is 14.9 Å². The van der Waals surface area contributed by atoms with Crippen molar-refractivity contribution < 1.29 is 9.72 Å². The highest BCUT2D eigenvalue weighted by atomic mass is 16.6. The van der Waals surface area contributed by atoms with E-state index in [1.54, 1.807) is 6.07 Å². The number of carbonyl (C=O) groups is 1. The Labute approximate surface area is 124 Å². The lowest BCUT2D eigenvalue weighted by Crippen LogP contribution is -2.24. The first-order chi connectivity index (χ1) is 10.0. The van der Waals surface area contributed by atoms with Gasteiger partial charge in [0.2, 0.25) is 0 Å². The number of benzene rings is 1. The number of anilines is 1. The van der Waals surface area contributed by atoms with Gasteiger partial charge in [0.25, 0.3) is 11.6 Å². The molecule has 0 heterocycles. The van der Waals surface area contributed by atoms with Gasteiger partial charge in [0, 0.05) is 24.2 Å². The number of hydrogen-bond donors (Lipinski definition) is 2. The number of carbonyl (C=O) groups excluding carboxylic acids is 1. The van der Waals surface area contributed by atoms with E-state index in [4.69, 9.17) is 0 Å². The molecule has 0 bridgehead atoms. The Balaban J connectivity index is 2.28. The molecule has 2 rings (SSSR count). The monoisotopic (exact) mass is 291 g/mol. The predicted octanol–water partition coefficient (Wildman–Crippen LogP) is 2.95. The van der Waals surface area contributed by atoms with Gasteiger partial charge in [0.1, 0.15) is 5.69 Å². The minimum absolute atomic E-state index is 0.0159. The summed E-state index contributed by atoms with van der Waals surface area (Å²) >= 11 is 0. The molecule has 2 atom stereocenters. The third kappa shape index (κ3) is 3.51. The highest BCUT2D eigenvalue weighted by Gasteiger charge is 2.26. The molecule has 1 aromatic carbocycles. The Kier molecular flexibility index (Phi) is 4.77.